The third-order valence-electron chi connectivity index (χ3n) is 5.42. The van der Waals surface area contributed by atoms with Crippen LogP contribution in [0.1, 0.15) is 56.2 Å². The zero-order chi connectivity index (χ0) is 20.3. The second-order valence-corrected chi connectivity index (χ2v) is 7.64. The highest BCUT2D eigenvalue weighted by atomic mass is 19.4. The van der Waals surface area contributed by atoms with Crippen LogP contribution >= 0.6 is 0 Å². The Labute approximate surface area is 162 Å². The lowest BCUT2D eigenvalue weighted by Crippen LogP contribution is -2.33. The average Bonchev–Trinajstić information content (AvgIpc) is 3.47. The number of anilines is 1. The molecule has 2 aliphatic rings. The van der Waals surface area contributed by atoms with Crippen molar-refractivity contribution >= 4 is 17.7 Å². The smallest absolute Gasteiger partial charge is 0.391 e. The molecule has 1 heterocycles. The van der Waals surface area contributed by atoms with E-state index in [0.717, 1.165) is 50.9 Å². The molecule has 3 rings (SSSR count). The van der Waals surface area contributed by atoms with E-state index < -0.39 is 11.7 Å². The van der Waals surface area contributed by atoms with Gasteiger partial charge in [-0.05, 0) is 50.9 Å². The molecule has 0 bridgehead atoms. The molecule has 5 N–H and O–H groups in total. The quantitative estimate of drug-likeness (QED) is 0.528. The summed E-state index contributed by atoms with van der Waals surface area (Å²) in [5.74, 6) is 0.613. The summed E-state index contributed by atoms with van der Waals surface area (Å²) >= 11 is 0. The number of rotatable bonds is 7. The molecule has 0 amide bonds. The molecule has 0 aromatic carbocycles. The van der Waals surface area contributed by atoms with Crippen molar-refractivity contribution in [3.8, 4) is 0 Å². The number of nitrogens with two attached hydrogens (primary N) is 1. The molecule has 0 saturated heterocycles. The Hall–Kier alpha value is -2.16. The van der Waals surface area contributed by atoms with Crippen LogP contribution in [0, 0.1) is 11.3 Å². The minimum absolute atomic E-state index is 0.0898. The van der Waals surface area contributed by atoms with E-state index in [1.807, 2.05) is 0 Å². The Morgan fingerprint density at radius 2 is 1.93 bits per heavy atom. The Balaban J connectivity index is 1.95. The fraction of sp³-hybridized carbons (Fsp3) is 0.632. The molecule has 2 fully saturated rings. The van der Waals surface area contributed by atoms with Crippen LogP contribution in [0.4, 0.5) is 19.1 Å². The Morgan fingerprint density at radius 3 is 2.46 bits per heavy atom. The second-order valence-electron chi connectivity index (χ2n) is 7.64. The number of alkyl halides is 3. The van der Waals surface area contributed by atoms with Crippen LogP contribution in [-0.4, -0.2) is 35.3 Å². The lowest BCUT2D eigenvalue weighted by Gasteiger charge is -2.27. The van der Waals surface area contributed by atoms with Crippen molar-refractivity contribution in [3.05, 3.63) is 23.2 Å². The summed E-state index contributed by atoms with van der Waals surface area (Å²) in [7, 11) is 1.67. The summed E-state index contributed by atoms with van der Waals surface area (Å²) in [5, 5.41) is 13.9. The first-order valence-corrected chi connectivity index (χ1v) is 9.70. The van der Waals surface area contributed by atoms with Gasteiger partial charge in [0.1, 0.15) is 5.56 Å². The molecule has 2 saturated carbocycles. The van der Waals surface area contributed by atoms with E-state index in [1.54, 1.807) is 7.05 Å². The van der Waals surface area contributed by atoms with E-state index in [1.165, 1.54) is 0 Å². The summed E-state index contributed by atoms with van der Waals surface area (Å²) in [4.78, 5) is 8.10. The monoisotopic (exact) mass is 396 g/mol. The van der Waals surface area contributed by atoms with E-state index in [4.69, 9.17) is 11.1 Å². The van der Waals surface area contributed by atoms with Gasteiger partial charge in [0.15, 0.2) is 0 Å². The second kappa shape index (κ2) is 8.46. The summed E-state index contributed by atoms with van der Waals surface area (Å²) in [5.41, 5.74) is 5.51. The van der Waals surface area contributed by atoms with E-state index >= 15 is 0 Å². The van der Waals surface area contributed by atoms with Gasteiger partial charge in [0.25, 0.3) is 0 Å². The van der Waals surface area contributed by atoms with Gasteiger partial charge >= 0.3 is 6.18 Å². The highest BCUT2D eigenvalue weighted by Crippen LogP contribution is 2.38. The van der Waals surface area contributed by atoms with Crippen molar-refractivity contribution in [2.75, 3.05) is 12.4 Å². The number of hydrogen-bond donors (Lipinski definition) is 4. The maximum atomic E-state index is 13.6. The predicted molar refractivity (Wildman–Crippen MR) is 103 cm³/mol. The third-order valence-corrected chi connectivity index (χ3v) is 5.42. The molecule has 154 valence electrons. The number of aromatic nitrogens is 2. The Bertz CT molecular complexity index is 734. The minimum atomic E-state index is -4.60. The molecule has 0 spiro atoms. The van der Waals surface area contributed by atoms with Crippen LogP contribution in [-0.2, 0) is 6.18 Å². The van der Waals surface area contributed by atoms with Gasteiger partial charge < -0.3 is 21.8 Å². The molecule has 0 atom stereocenters. The molecule has 1 aromatic heterocycles. The molecule has 28 heavy (non-hydrogen) atoms. The first-order chi connectivity index (χ1) is 13.3. The van der Waals surface area contributed by atoms with E-state index in [-0.39, 0.29) is 29.3 Å². The van der Waals surface area contributed by atoms with Gasteiger partial charge in [-0.3, -0.25) is 0 Å². The highest BCUT2D eigenvalue weighted by molar-refractivity contribution is 6.09. The zero-order valence-electron chi connectivity index (χ0n) is 15.9. The van der Waals surface area contributed by atoms with E-state index in [9.17, 15) is 13.2 Å². The van der Waals surface area contributed by atoms with Crippen molar-refractivity contribution in [3.63, 3.8) is 0 Å². The first-order valence-electron chi connectivity index (χ1n) is 9.70. The largest absolute Gasteiger partial charge is 0.419 e. The molecule has 0 aliphatic heterocycles. The van der Waals surface area contributed by atoms with Crippen molar-refractivity contribution in [1.29, 1.82) is 5.41 Å². The molecule has 0 radical (unpaired) electrons. The first kappa shape index (κ1) is 20.6. The average molecular weight is 396 g/mol. The standard InChI is InChI=1S/C19H27F3N6/c1-25-16(8-11-2-3-11)14(9-23)17-15(19(20,21)22)10-26-18(28-17)27-13-6-4-12(24)5-7-13/h9-13,23,25H,2-8,24H2,1H3,(H,26,27,28)/b16-14+,23-9?/t12-,13-. The predicted octanol–water partition coefficient (Wildman–Crippen LogP) is 3.56. The normalized spacial score (nSPS) is 23.8. The molecule has 9 heteroatoms. The number of hydrogen-bond acceptors (Lipinski definition) is 6. The lowest BCUT2D eigenvalue weighted by molar-refractivity contribution is -0.138. The van der Waals surface area contributed by atoms with Gasteiger partial charge in [0, 0.05) is 42.8 Å². The van der Waals surface area contributed by atoms with E-state index in [2.05, 4.69) is 20.6 Å². The molecule has 1 aromatic rings. The SMILES string of the molecule is CN/C(CC1CC1)=C(\C=N)c1nc(N[C@H]2CC[C@H](N)CC2)ncc1C(F)(F)F. The lowest BCUT2D eigenvalue weighted by atomic mass is 9.92. The van der Waals surface area contributed by atoms with Gasteiger partial charge in [0.2, 0.25) is 5.95 Å². The van der Waals surface area contributed by atoms with Crippen LogP contribution in [0.5, 0.6) is 0 Å². The fourth-order valence-electron chi connectivity index (χ4n) is 3.57. The van der Waals surface area contributed by atoms with Gasteiger partial charge in [-0.25, -0.2) is 9.97 Å². The topological polar surface area (TPSA) is 99.7 Å². The van der Waals surface area contributed by atoms with Crippen molar-refractivity contribution < 1.29 is 13.2 Å². The molecular formula is C19H27F3N6. The minimum Gasteiger partial charge on any atom is -0.391 e. The maximum absolute atomic E-state index is 13.6. The Morgan fingerprint density at radius 1 is 1.25 bits per heavy atom. The molecule has 0 unspecified atom stereocenters. The highest BCUT2D eigenvalue weighted by Gasteiger charge is 2.37. The number of halogens is 3. The fourth-order valence-corrected chi connectivity index (χ4v) is 3.57. The van der Waals surface area contributed by atoms with Gasteiger partial charge in [-0.2, -0.15) is 13.2 Å². The number of allylic oxidation sites excluding steroid dienone is 2. The zero-order valence-corrected chi connectivity index (χ0v) is 15.9. The van der Waals surface area contributed by atoms with Crippen LogP contribution in [0.2, 0.25) is 0 Å². The van der Waals surface area contributed by atoms with Crippen molar-refractivity contribution in [2.24, 2.45) is 11.7 Å². The Kier molecular flexibility index (Phi) is 6.22. The van der Waals surface area contributed by atoms with E-state index in [0.29, 0.717) is 18.0 Å². The third kappa shape index (κ3) is 5.01. The van der Waals surface area contributed by atoms with Crippen LogP contribution in [0.3, 0.4) is 0 Å². The van der Waals surface area contributed by atoms with Gasteiger partial charge in [-0.15, -0.1) is 0 Å². The summed E-state index contributed by atoms with van der Waals surface area (Å²) in [6, 6.07) is 0.266. The van der Waals surface area contributed by atoms with Crippen molar-refractivity contribution in [1.82, 2.24) is 15.3 Å². The molecule has 6 nitrogen and oxygen atoms in total. The molecule has 2 aliphatic carbocycles. The summed E-state index contributed by atoms with van der Waals surface area (Å²) < 4.78 is 40.8. The summed E-state index contributed by atoms with van der Waals surface area (Å²) in [6.07, 6.45) is 3.29. The number of nitrogens with zero attached hydrogens (tertiary/aromatic N) is 2. The number of nitrogens with one attached hydrogen (secondary N) is 3. The van der Waals surface area contributed by atoms with Crippen LogP contribution in [0.25, 0.3) is 5.57 Å². The van der Waals surface area contributed by atoms with Gasteiger partial charge in [0.05, 0.1) is 5.69 Å². The summed E-state index contributed by atoms with van der Waals surface area (Å²) in [6.45, 7) is 0. The maximum Gasteiger partial charge on any atom is 0.419 e. The van der Waals surface area contributed by atoms with Crippen LogP contribution in [0.15, 0.2) is 11.9 Å². The van der Waals surface area contributed by atoms with Crippen molar-refractivity contribution in [2.45, 2.75) is 63.2 Å². The van der Waals surface area contributed by atoms with Crippen LogP contribution < -0.4 is 16.4 Å². The van der Waals surface area contributed by atoms with Gasteiger partial charge in [-0.1, -0.05) is 0 Å². The molecular weight excluding hydrogens is 369 g/mol.